The van der Waals surface area contributed by atoms with Crippen LogP contribution < -0.4 is 10.9 Å². The van der Waals surface area contributed by atoms with Gasteiger partial charge in [-0.15, -0.1) is 11.3 Å². The number of thiophene rings is 1. The lowest BCUT2D eigenvalue weighted by Crippen LogP contribution is -2.33. The van der Waals surface area contributed by atoms with Crippen LogP contribution in [0.3, 0.4) is 0 Å². The second kappa shape index (κ2) is 7.20. The lowest BCUT2D eigenvalue weighted by molar-refractivity contribution is 0.0924. The third kappa shape index (κ3) is 3.09. The smallest absolute Gasteiger partial charge is 0.262 e. The predicted octanol–water partition coefficient (Wildman–Crippen LogP) is 3.69. The van der Waals surface area contributed by atoms with Crippen molar-refractivity contribution in [3.8, 4) is 0 Å². The third-order valence-corrected chi connectivity index (χ3v) is 6.34. The average Bonchev–Trinajstić information content (AvgIpc) is 3.27. The summed E-state index contributed by atoms with van der Waals surface area (Å²) >= 11 is 1.23. The van der Waals surface area contributed by atoms with Crippen molar-refractivity contribution in [2.45, 2.75) is 33.2 Å². The highest BCUT2D eigenvalue weighted by molar-refractivity contribution is 7.20. The van der Waals surface area contributed by atoms with E-state index in [0.717, 1.165) is 23.3 Å². The van der Waals surface area contributed by atoms with Crippen LogP contribution in [-0.2, 0) is 0 Å². The number of benzene rings is 1. The first-order chi connectivity index (χ1) is 13.5. The molecule has 1 aromatic carbocycles. The fourth-order valence-electron chi connectivity index (χ4n) is 3.34. The summed E-state index contributed by atoms with van der Waals surface area (Å²) in [6.45, 7) is 5.95. The molecule has 4 rings (SSSR count). The summed E-state index contributed by atoms with van der Waals surface area (Å²) in [7, 11) is 0. The molecule has 0 spiro atoms. The van der Waals surface area contributed by atoms with E-state index in [9.17, 15) is 9.59 Å². The SMILES string of the molecule is CC[C@@H](C)[C@H](NC(=O)c1sc2nc[nH]c(=O)c2c1C)c1nc2ccccc2[nH]1. The molecule has 3 aromatic heterocycles. The summed E-state index contributed by atoms with van der Waals surface area (Å²) in [5.74, 6) is 0.699. The molecule has 0 saturated heterocycles. The van der Waals surface area contributed by atoms with Gasteiger partial charge in [0.15, 0.2) is 0 Å². The number of hydrogen-bond acceptors (Lipinski definition) is 5. The van der Waals surface area contributed by atoms with Gasteiger partial charge in [0.05, 0.1) is 33.7 Å². The molecule has 28 heavy (non-hydrogen) atoms. The molecule has 0 fully saturated rings. The number of carbonyl (C=O) groups is 1. The van der Waals surface area contributed by atoms with Crippen LogP contribution in [0.5, 0.6) is 0 Å². The average molecular weight is 395 g/mol. The van der Waals surface area contributed by atoms with Crippen LogP contribution >= 0.6 is 11.3 Å². The number of fused-ring (bicyclic) bond motifs is 2. The van der Waals surface area contributed by atoms with Crippen molar-refractivity contribution in [2.75, 3.05) is 0 Å². The Kier molecular flexibility index (Phi) is 4.72. The van der Waals surface area contributed by atoms with Gasteiger partial charge in [-0.05, 0) is 30.5 Å². The number of nitrogens with one attached hydrogen (secondary N) is 3. The van der Waals surface area contributed by atoms with Gasteiger partial charge in [0.2, 0.25) is 0 Å². The van der Waals surface area contributed by atoms with Gasteiger partial charge < -0.3 is 15.3 Å². The number of hydrogen-bond donors (Lipinski definition) is 3. The summed E-state index contributed by atoms with van der Waals surface area (Å²) in [6.07, 6.45) is 2.24. The van der Waals surface area contributed by atoms with Crippen LogP contribution in [0.1, 0.15) is 47.4 Å². The van der Waals surface area contributed by atoms with Gasteiger partial charge in [-0.1, -0.05) is 32.4 Å². The molecule has 0 saturated carbocycles. The summed E-state index contributed by atoms with van der Waals surface area (Å²) in [5.41, 5.74) is 2.23. The number of aromatic nitrogens is 4. The Balaban J connectivity index is 1.71. The Morgan fingerprint density at radius 1 is 1.32 bits per heavy atom. The second-order valence-electron chi connectivity index (χ2n) is 6.94. The standard InChI is InChI=1S/C20H21N5O2S/c1-4-10(2)15(17-23-12-7-5-6-8-13(12)24-17)25-19(27)16-11(3)14-18(26)21-9-22-20(14)28-16/h5-10,15H,4H2,1-3H3,(H,23,24)(H,25,27)(H,21,22,26)/t10-,15+/m1/s1. The maximum absolute atomic E-state index is 13.1. The van der Waals surface area contributed by atoms with Gasteiger partial charge in [-0.2, -0.15) is 0 Å². The maximum Gasteiger partial charge on any atom is 0.262 e. The van der Waals surface area contributed by atoms with Crippen molar-refractivity contribution in [3.05, 3.63) is 57.2 Å². The first-order valence-corrected chi connectivity index (χ1v) is 10.0. The zero-order chi connectivity index (χ0) is 19.8. The van der Waals surface area contributed by atoms with E-state index < -0.39 is 0 Å². The number of amides is 1. The Labute approximate surface area is 165 Å². The zero-order valence-electron chi connectivity index (χ0n) is 15.9. The number of H-pyrrole nitrogens is 2. The Hall–Kier alpha value is -3.00. The van der Waals surface area contributed by atoms with Gasteiger partial charge in [-0.3, -0.25) is 9.59 Å². The molecule has 3 N–H and O–H groups in total. The van der Waals surface area contributed by atoms with E-state index >= 15 is 0 Å². The Bertz CT molecular complexity index is 1190. The highest BCUT2D eigenvalue weighted by Crippen LogP contribution is 2.29. The van der Waals surface area contributed by atoms with Gasteiger partial charge in [-0.25, -0.2) is 9.97 Å². The lowest BCUT2D eigenvalue weighted by Gasteiger charge is -2.22. The predicted molar refractivity (Wildman–Crippen MR) is 111 cm³/mol. The van der Waals surface area contributed by atoms with Crippen LogP contribution in [0.4, 0.5) is 0 Å². The molecule has 4 aromatic rings. The number of imidazole rings is 1. The number of aromatic amines is 2. The van der Waals surface area contributed by atoms with Gasteiger partial charge in [0.1, 0.15) is 10.7 Å². The molecule has 7 nitrogen and oxygen atoms in total. The fraction of sp³-hybridized carbons (Fsp3) is 0.300. The van der Waals surface area contributed by atoms with E-state index in [1.54, 1.807) is 6.92 Å². The van der Waals surface area contributed by atoms with Crippen molar-refractivity contribution in [3.63, 3.8) is 0 Å². The summed E-state index contributed by atoms with van der Waals surface area (Å²) in [4.78, 5) is 41.0. The Morgan fingerprint density at radius 3 is 2.82 bits per heavy atom. The molecule has 2 atom stereocenters. The van der Waals surface area contributed by atoms with E-state index in [-0.39, 0.29) is 23.4 Å². The number of para-hydroxylation sites is 2. The molecule has 144 valence electrons. The Morgan fingerprint density at radius 2 is 2.11 bits per heavy atom. The molecule has 8 heteroatoms. The molecule has 3 heterocycles. The number of rotatable bonds is 5. The minimum Gasteiger partial charge on any atom is -0.341 e. The summed E-state index contributed by atoms with van der Waals surface area (Å²) < 4.78 is 0. The molecule has 0 aliphatic carbocycles. The second-order valence-corrected chi connectivity index (χ2v) is 7.94. The highest BCUT2D eigenvalue weighted by Gasteiger charge is 2.26. The molecule has 1 amide bonds. The van der Waals surface area contributed by atoms with Crippen LogP contribution in [0.15, 0.2) is 35.4 Å². The van der Waals surface area contributed by atoms with Gasteiger partial charge in [0.25, 0.3) is 11.5 Å². The van der Waals surface area contributed by atoms with Crippen LogP contribution in [-0.4, -0.2) is 25.8 Å². The highest BCUT2D eigenvalue weighted by atomic mass is 32.1. The van der Waals surface area contributed by atoms with Crippen molar-refractivity contribution in [1.82, 2.24) is 25.3 Å². The topological polar surface area (TPSA) is 104 Å². The van der Waals surface area contributed by atoms with E-state index in [1.807, 2.05) is 24.3 Å². The van der Waals surface area contributed by atoms with Crippen molar-refractivity contribution < 1.29 is 4.79 Å². The van der Waals surface area contributed by atoms with Gasteiger partial charge in [0, 0.05) is 0 Å². The molecular weight excluding hydrogens is 374 g/mol. The molecule has 0 unspecified atom stereocenters. The molecule has 0 aliphatic rings. The van der Waals surface area contributed by atoms with E-state index in [1.165, 1.54) is 17.7 Å². The first-order valence-electron chi connectivity index (χ1n) is 9.21. The van der Waals surface area contributed by atoms with Crippen molar-refractivity contribution >= 4 is 38.5 Å². The zero-order valence-corrected chi connectivity index (χ0v) is 16.7. The monoisotopic (exact) mass is 395 g/mol. The van der Waals surface area contributed by atoms with Crippen LogP contribution in [0, 0.1) is 12.8 Å². The normalized spacial score (nSPS) is 13.7. The number of carbonyl (C=O) groups excluding carboxylic acids is 1. The molecule has 0 bridgehead atoms. The minimum atomic E-state index is -0.263. The fourth-order valence-corrected chi connectivity index (χ4v) is 4.39. The van der Waals surface area contributed by atoms with Gasteiger partial charge >= 0.3 is 0 Å². The molecular formula is C20H21N5O2S. The summed E-state index contributed by atoms with van der Waals surface area (Å²) in [5, 5.41) is 3.59. The maximum atomic E-state index is 13.1. The minimum absolute atomic E-state index is 0.181. The summed E-state index contributed by atoms with van der Waals surface area (Å²) in [6, 6.07) is 7.54. The lowest BCUT2D eigenvalue weighted by atomic mass is 9.98. The van der Waals surface area contributed by atoms with Crippen LogP contribution in [0.2, 0.25) is 0 Å². The largest absolute Gasteiger partial charge is 0.341 e. The first kappa shape index (κ1) is 18.4. The van der Waals surface area contributed by atoms with E-state index in [2.05, 4.69) is 39.1 Å². The molecule has 0 aliphatic heterocycles. The number of aryl methyl sites for hydroxylation is 1. The van der Waals surface area contributed by atoms with E-state index in [0.29, 0.717) is 20.7 Å². The molecule has 0 radical (unpaired) electrons. The van der Waals surface area contributed by atoms with E-state index in [4.69, 9.17) is 0 Å². The third-order valence-electron chi connectivity index (χ3n) is 5.14. The van der Waals surface area contributed by atoms with Crippen LogP contribution in [0.25, 0.3) is 21.3 Å². The quantitative estimate of drug-likeness (QED) is 0.479. The number of nitrogens with zero attached hydrogens (tertiary/aromatic N) is 2. The van der Waals surface area contributed by atoms with Crippen molar-refractivity contribution in [2.24, 2.45) is 5.92 Å². The van der Waals surface area contributed by atoms with Crippen molar-refractivity contribution in [1.29, 1.82) is 0 Å².